The molecule has 0 aliphatic carbocycles. The van der Waals surface area contributed by atoms with Gasteiger partial charge in [0.15, 0.2) is 0 Å². The maximum absolute atomic E-state index is 12.1. The van der Waals surface area contributed by atoms with E-state index in [0.29, 0.717) is 13.0 Å². The molecule has 0 bridgehead atoms. The van der Waals surface area contributed by atoms with E-state index in [-0.39, 0.29) is 24.8 Å². The number of methoxy groups -OCH3 is 1. The lowest BCUT2D eigenvalue weighted by Crippen LogP contribution is -2.37. The summed E-state index contributed by atoms with van der Waals surface area (Å²) in [5.41, 5.74) is 1.09. The van der Waals surface area contributed by atoms with Crippen LogP contribution in [0.25, 0.3) is 0 Å². The minimum atomic E-state index is -0.888. The van der Waals surface area contributed by atoms with Gasteiger partial charge >= 0.3 is 5.97 Å². The maximum Gasteiger partial charge on any atom is 0.305 e. The first-order chi connectivity index (χ1) is 9.93. The van der Waals surface area contributed by atoms with Gasteiger partial charge in [0, 0.05) is 19.0 Å². The molecule has 0 saturated heterocycles. The smallest absolute Gasteiger partial charge is 0.305 e. The van der Waals surface area contributed by atoms with E-state index in [0.717, 1.165) is 11.3 Å². The number of ether oxygens (including phenoxy) is 1. The molecular weight excluding hydrogens is 270 g/mol. The number of carbonyl (C=O) groups is 2. The van der Waals surface area contributed by atoms with Gasteiger partial charge in [0.2, 0.25) is 5.91 Å². The van der Waals surface area contributed by atoms with Crippen molar-refractivity contribution in [3.05, 3.63) is 29.8 Å². The van der Waals surface area contributed by atoms with Crippen molar-refractivity contribution < 1.29 is 19.4 Å². The predicted molar refractivity (Wildman–Crippen MR) is 80.4 cm³/mol. The minimum Gasteiger partial charge on any atom is -0.497 e. The number of hydrogen-bond acceptors (Lipinski definition) is 3. The Hall–Kier alpha value is -2.04. The topological polar surface area (TPSA) is 66.8 Å². The van der Waals surface area contributed by atoms with Crippen molar-refractivity contribution in [3.8, 4) is 5.75 Å². The third kappa shape index (κ3) is 5.85. The highest BCUT2D eigenvalue weighted by atomic mass is 16.5. The van der Waals surface area contributed by atoms with E-state index in [9.17, 15) is 9.59 Å². The molecule has 0 atom stereocenters. The fourth-order valence-electron chi connectivity index (χ4n) is 1.98. The third-order valence-electron chi connectivity index (χ3n) is 3.23. The number of rotatable bonds is 8. The number of carboxylic acid groups (broad SMARTS) is 1. The van der Waals surface area contributed by atoms with E-state index >= 15 is 0 Å². The zero-order chi connectivity index (χ0) is 15.8. The highest BCUT2D eigenvalue weighted by Gasteiger charge is 2.17. The first-order valence-electron chi connectivity index (χ1n) is 7.07. The Balaban J connectivity index is 2.62. The molecule has 1 amide bonds. The van der Waals surface area contributed by atoms with Crippen LogP contribution in [-0.4, -0.2) is 42.1 Å². The van der Waals surface area contributed by atoms with Crippen molar-refractivity contribution in [1.29, 1.82) is 0 Å². The summed E-state index contributed by atoms with van der Waals surface area (Å²) in [6.07, 6.45) is 0.670. The van der Waals surface area contributed by atoms with Crippen LogP contribution in [0.3, 0.4) is 0 Å². The van der Waals surface area contributed by atoms with Crippen molar-refractivity contribution in [2.45, 2.75) is 26.7 Å². The highest BCUT2D eigenvalue weighted by molar-refractivity contribution is 5.78. The Morgan fingerprint density at radius 1 is 1.19 bits per heavy atom. The SMILES string of the molecule is COc1ccc(CCN(CCC(=O)O)C(=O)C(C)C)cc1. The van der Waals surface area contributed by atoms with Crippen LogP contribution in [0.2, 0.25) is 0 Å². The second kappa shape index (κ2) is 8.29. The molecule has 0 aliphatic heterocycles. The number of hydrogen-bond donors (Lipinski definition) is 1. The van der Waals surface area contributed by atoms with E-state index in [4.69, 9.17) is 9.84 Å². The summed E-state index contributed by atoms with van der Waals surface area (Å²) in [7, 11) is 1.62. The van der Waals surface area contributed by atoms with Gasteiger partial charge in [0.05, 0.1) is 13.5 Å². The van der Waals surface area contributed by atoms with Gasteiger partial charge in [0.1, 0.15) is 5.75 Å². The second-order valence-corrected chi connectivity index (χ2v) is 5.22. The minimum absolute atomic E-state index is 0.00948. The molecule has 5 nitrogen and oxygen atoms in total. The van der Waals surface area contributed by atoms with Gasteiger partial charge in [-0.3, -0.25) is 9.59 Å². The van der Waals surface area contributed by atoms with Crippen LogP contribution >= 0.6 is 0 Å². The van der Waals surface area contributed by atoms with E-state index in [1.54, 1.807) is 12.0 Å². The predicted octanol–water partition coefficient (Wildman–Crippen LogP) is 2.20. The van der Waals surface area contributed by atoms with Crippen molar-refractivity contribution in [2.24, 2.45) is 5.92 Å². The fraction of sp³-hybridized carbons (Fsp3) is 0.500. The Labute approximate surface area is 125 Å². The largest absolute Gasteiger partial charge is 0.497 e. The molecule has 116 valence electrons. The number of nitrogens with zero attached hydrogens (tertiary/aromatic N) is 1. The summed E-state index contributed by atoms with van der Waals surface area (Å²) in [6.45, 7) is 4.42. The Bertz CT molecular complexity index is 468. The van der Waals surface area contributed by atoms with Crippen molar-refractivity contribution >= 4 is 11.9 Å². The lowest BCUT2D eigenvalue weighted by molar-refractivity contribution is -0.139. The number of amides is 1. The summed E-state index contributed by atoms with van der Waals surface area (Å²) in [5.74, 6) is -0.236. The van der Waals surface area contributed by atoms with E-state index in [2.05, 4.69) is 0 Å². The first kappa shape index (κ1) is 17.0. The molecule has 0 saturated carbocycles. The van der Waals surface area contributed by atoms with Crippen molar-refractivity contribution in [3.63, 3.8) is 0 Å². The van der Waals surface area contributed by atoms with Crippen molar-refractivity contribution in [1.82, 2.24) is 4.90 Å². The molecule has 0 fully saturated rings. The Kier molecular flexibility index (Phi) is 6.72. The summed E-state index contributed by atoms with van der Waals surface area (Å²) >= 11 is 0. The van der Waals surface area contributed by atoms with Crippen LogP contribution in [0.4, 0.5) is 0 Å². The van der Waals surface area contributed by atoms with Gasteiger partial charge < -0.3 is 14.7 Å². The summed E-state index contributed by atoms with van der Waals surface area (Å²) in [4.78, 5) is 24.4. The van der Waals surface area contributed by atoms with Crippen LogP contribution in [0.15, 0.2) is 24.3 Å². The number of benzene rings is 1. The van der Waals surface area contributed by atoms with E-state index in [1.165, 1.54) is 0 Å². The lowest BCUT2D eigenvalue weighted by atomic mass is 10.1. The van der Waals surface area contributed by atoms with E-state index < -0.39 is 5.97 Å². The first-order valence-corrected chi connectivity index (χ1v) is 7.07. The van der Waals surface area contributed by atoms with Crippen LogP contribution in [0.5, 0.6) is 5.75 Å². The zero-order valence-corrected chi connectivity index (χ0v) is 12.8. The van der Waals surface area contributed by atoms with Crippen LogP contribution in [-0.2, 0) is 16.0 Å². The monoisotopic (exact) mass is 293 g/mol. The fourth-order valence-corrected chi connectivity index (χ4v) is 1.98. The molecule has 0 unspecified atom stereocenters. The average molecular weight is 293 g/mol. The molecule has 1 aromatic rings. The van der Waals surface area contributed by atoms with Gasteiger partial charge in [-0.1, -0.05) is 26.0 Å². The average Bonchev–Trinajstić information content (AvgIpc) is 2.47. The second-order valence-electron chi connectivity index (χ2n) is 5.22. The molecule has 1 N–H and O–H groups in total. The van der Waals surface area contributed by atoms with Crippen LogP contribution in [0.1, 0.15) is 25.8 Å². The quantitative estimate of drug-likeness (QED) is 0.798. The van der Waals surface area contributed by atoms with Crippen molar-refractivity contribution in [2.75, 3.05) is 20.2 Å². The Morgan fingerprint density at radius 2 is 1.81 bits per heavy atom. The molecule has 0 aliphatic rings. The third-order valence-corrected chi connectivity index (χ3v) is 3.23. The molecule has 0 radical (unpaired) electrons. The Morgan fingerprint density at radius 3 is 2.29 bits per heavy atom. The molecule has 0 spiro atoms. The molecule has 5 heteroatoms. The lowest BCUT2D eigenvalue weighted by Gasteiger charge is -2.24. The molecule has 1 aromatic carbocycles. The molecule has 1 rings (SSSR count). The van der Waals surface area contributed by atoms with Gasteiger partial charge in [-0.25, -0.2) is 0 Å². The van der Waals surface area contributed by atoms with Gasteiger partial charge in [-0.2, -0.15) is 0 Å². The van der Waals surface area contributed by atoms with E-state index in [1.807, 2.05) is 38.1 Å². The van der Waals surface area contributed by atoms with Gasteiger partial charge in [-0.15, -0.1) is 0 Å². The van der Waals surface area contributed by atoms with Crippen LogP contribution < -0.4 is 4.74 Å². The summed E-state index contributed by atoms with van der Waals surface area (Å²) < 4.78 is 5.10. The molecule has 21 heavy (non-hydrogen) atoms. The maximum atomic E-state index is 12.1. The number of carbonyl (C=O) groups excluding carboxylic acids is 1. The molecule has 0 aromatic heterocycles. The number of aliphatic carboxylic acids is 1. The number of carboxylic acids is 1. The highest BCUT2D eigenvalue weighted by Crippen LogP contribution is 2.12. The summed E-state index contributed by atoms with van der Waals surface area (Å²) in [6, 6.07) is 7.66. The molecule has 0 heterocycles. The van der Waals surface area contributed by atoms with Gasteiger partial charge in [-0.05, 0) is 24.1 Å². The zero-order valence-electron chi connectivity index (χ0n) is 12.8. The normalized spacial score (nSPS) is 10.5. The molecular formula is C16H23NO4. The van der Waals surface area contributed by atoms with Crippen LogP contribution in [0, 0.1) is 5.92 Å². The summed E-state index contributed by atoms with van der Waals surface area (Å²) in [5, 5.41) is 8.77. The van der Waals surface area contributed by atoms with Gasteiger partial charge in [0.25, 0.3) is 0 Å². The standard InChI is InChI=1S/C16H23NO4/c1-12(2)16(20)17(11-9-15(18)19)10-8-13-4-6-14(21-3)7-5-13/h4-7,12H,8-11H2,1-3H3,(H,18,19).